The lowest BCUT2D eigenvalue weighted by Crippen LogP contribution is -2.29. The van der Waals surface area contributed by atoms with E-state index in [0.717, 1.165) is 5.56 Å². The lowest BCUT2D eigenvalue weighted by Gasteiger charge is -2.26. The van der Waals surface area contributed by atoms with Crippen LogP contribution in [0.4, 0.5) is 10.1 Å². The van der Waals surface area contributed by atoms with Gasteiger partial charge in [-0.1, -0.05) is 42.0 Å². The second-order valence-corrected chi connectivity index (χ2v) is 7.56. The third kappa shape index (κ3) is 3.71. The summed E-state index contributed by atoms with van der Waals surface area (Å²) in [6.07, 6.45) is 0. The molecule has 1 unspecified atom stereocenters. The SMILES string of the molecule is COc1cccc(OC)c1/C(O)=C1\C(=O)C(=O)N(c2ccc(C)cc2)C1c1ccccc1F. The van der Waals surface area contributed by atoms with E-state index >= 15 is 0 Å². The van der Waals surface area contributed by atoms with Crippen molar-refractivity contribution in [2.24, 2.45) is 0 Å². The number of carbonyl (C=O) groups excluding carboxylic acids is 2. The molecular weight excluding hydrogens is 425 g/mol. The van der Waals surface area contributed by atoms with Crippen molar-refractivity contribution < 1.29 is 28.6 Å². The Hall–Kier alpha value is -4.13. The molecule has 1 heterocycles. The zero-order valence-electron chi connectivity index (χ0n) is 18.3. The molecule has 1 N–H and O–H groups in total. The Bertz CT molecular complexity index is 1240. The Balaban J connectivity index is 2.03. The average Bonchev–Trinajstić information content (AvgIpc) is 3.09. The quantitative estimate of drug-likeness (QED) is 0.346. The highest BCUT2D eigenvalue weighted by molar-refractivity contribution is 6.51. The smallest absolute Gasteiger partial charge is 0.300 e. The molecule has 1 aliphatic rings. The van der Waals surface area contributed by atoms with Crippen LogP contribution in [0.5, 0.6) is 11.5 Å². The predicted molar refractivity (Wildman–Crippen MR) is 122 cm³/mol. The third-order valence-corrected chi connectivity index (χ3v) is 5.62. The predicted octanol–water partition coefficient (Wildman–Crippen LogP) is 4.78. The summed E-state index contributed by atoms with van der Waals surface area (Å²) in [6, 6.07) is 16.4. The molecule has 1 fully saturated rings. The van der Waals surface area contributed by atoms with Crippen molar-refractivity contribution >= 4 is 23.1 Å². The van der Waals surface area contributed by atoms with E-state index in [-0.39, 0.29) is 28.2 Å². The molecule has 6 nitrogen and oxygen atoms in total. The first-order chi connectivity index (χ1) is 15.9. The number of hydrogen-bond acceptors (Lipinski definition) is 5. The Morgan fingerprint density at radius 3 is 2.09 bits per heavy atom. The maximum Gasteiger partial charge on any atom is 0.300 e. The second-order valence-electron chi connectivity index (χ2n) is 7.56. The highest BCUT2D eigenvalue weighted by Crippen LogP contribution is 2.45. The number of rotatable bonds is 5. The van der Waals surface area contributed by atoms with Crippen LogP contribution in [-0.4, -0.2) is 31.0 Å². The largest absolute Gasteiger partial charge is 0.506 e. The van der Waals surface area contributed by atoms with E-state index in [4.69, 9.17) is 9.47 Å². The zero-order chi connectivity index (χ0) is 23.7. The summed E-state index contributed by atoms with van der Waals surface area (Å²) in [4.78, 5) is 27.6. The second kappa shape index (κ2) is 8.78. The number of carbonyl (C=O) groups is 2. The van der Waals surface area contributed by atoms with Gasteiger partial charge in [-0.3, -0.25) is 14.5 Å². The molecule has 0 aliphatic carbocycles. The molecule has 33 heavy (non-hydrogen) atoms. The van der Waals surface area contributed by atoms with Crippen molar-refractivity contribution in [3.8, 4) is 11.5 Å². The minimum atomic E-state index is -1.19. The molecule has 4 rings (SSSR count). The summed E-state index contributed by atoms with van der Waals surface area (Å²) < 4.78 is 25.7. The molecule has 3 aromatic rings. The van der Waals surface area contributed by atoms with Gasteiger partial charge in [0, 0.05) is 11.3 Å². The number of ether oxygens (including phenoxy) is 2. The summed E-state index contributed by atoms with van der Waals surface area (Å²) in [7, 11) is 2.82. The van der Waals surface area contributed by atoms with Crippen LogP contribution in [0, 0.1) is 12.7 Å². The molecule has 0 radical (unpaired) electrons. The normalized spacial score (nSPS) is 17.3. The van der Waals surface area contributed by atoms with Crippen LogP contribution in [0.25, 0.3) is 5.76 Å². The monoisotopic (exact) mass is 447 g/mol. The van der Waals surface area contributed by atoms with Crippen molar-refractivity contribution in [3.05, 3.63) is 94.8 Å². The van der Waals surface area contributed by atoms with Crippen LogP contribution in [0.1, 0.15) is 22.7 Å². The lowest BCUT2D eigenvalue weighted by atomic mass is 9.94. The lowest BCUT2D eigenvalue weighted by molar-refractivity contribution is -0.132. The molecule has 1 aliphatic heterocycles. The van der Waals surface area contributed by atoms with E-state index < -0.39 is 29.3 Å². The number of aliphatic hydroxyl groups is 1. The fourth-order valence-corrected chi connectivity index (χ4v) is 4.01. The van der Waals surface area contributed by atoms with E-state index in [1.807, 2.05) is 6.92 Å². The van der Waals surface area contributed by atoms with Gasteiger partial charge < -0.3 is 14.6 Å². The summed E-state index contributed by atoms with van der Waals surface area (Å²) in [6.45, 7) is 1.89. The van der Waals surface area contributed by atoms with Gasteiger partial charge in [0.05, 0.1) is 25.8 Å². The molecule has 3 aromatic carbocycles. The number of benzene rings is 3. The molecule has 7 heteroatoms. The molecule has 0 aromatic heterocycles. The fourth-order valence-electron chi connectivity index (χ4n) is 4.01. The van der Waals surface area contributed by atoms with Crippen molar-refractivity contribution in [1.29, 1.82) is 0 Å². The zero-order valence-corrected chi connectivity index (χ0v) is 18.3. The number of hydrogen-bond donors (Lipinski definition) is 1. The number of aliphatic hydroxyl groups excluding tert-OH is 1. The van der Waals surface area contributed by atoms with Crippen LogP contribution in [0.3, 0.4) is 0 Å². The molecule has 0 saturated carbocycles. The van der Waals surface area contributed by atoms with E-state index in [9.17, 15) is 19.1 Å². The first-order valence-electron chi connectivity index (χ1n) is 10.2. The summed E-state index contributed by atoms with van der Waals surface area (Å²) >= 11 is 0. The molecule has 0 spiro atoms. The number of amides is 1. The van der Waals surface area contributed by atoms with Gasteiger partial charge in [0.2, 0.25) is 0 Å². The van der Waals surface area contributed by atoms with Crippen LogP contribution >= 0.6 is 0 Å². The number of anilines is 1. The molecule has 168 valence electrons. The first kappa shape index (κ1) is 22.1. The van der Waals surface area contributed by atoms with E-state index in [1.54, 1.807) is 48.5 Å². The summed E-state index contributed by atoms with van der Waals surface area (Å²) in [5.74, 6) is -2.46. The van der Waals surface area contributed by atoms with Crippen LogP contribution in [-0.2, 0) is 9.59 Å². The van der Waals surface area contributed by atoms with E-state index in [0.29, 0.717) is 5.69 Å². The summed E-state index contributed by atoms with van der Waals surface area (Å²) in [5.41, 5.74) is 1.28. The number of Topliss-reactive ketones (excluding diaryl/α,β-unsaturated/α-hetero) is 1. The van der Waals surface area contributed by atoms with Crippen molar-refractivity contribution in [3.63, 3.8) is 0 Å². The molecular formula is C26H22FNO5. The number of nitrogens with zero attached hydrogens (tertiary/aromatic N) is 1. The van der Waals surface area contributed by atoms with Gasteiger partial charge in [-0.25, -0.2) is 4.39 Å². The van der Waals surface area contributed by atoms with Gasteiger partial charge in [-0.05, 0) is 37.3 Å². The standard InChI is InChI=1S/C26H22FNO5/c1-15-11-13-16(14-12-15)28-23(17-7-4-5-8-18(17)27)22(25(30)26(28)31)24(29)21-19(32-2)9-6-10-20(21)33-3/h4-14,23,29H,1-3H3/b24-22+. The number of ketones is 1. The third-order valence-electron chi connectivity index (χ3n) is 5.62. The van der Waals surface area contributed by atoms with Crippen LogP contribution < -0.4 is 14.4 Å². The van der Waals surface area contributed by atoms with Gasteiger partial charge in [0.1, 0.15) is 28.6 Å². The van der Waals surface area contributed by atoms with Gasteiger partial charge in [-0.15, -0.1) is 0 Å². The minimum Gasteiger partial charge on any atom is -0.506 e. The van der Waals surface area contributed by atoms with Gasteiger partial charge in [0.25, 0.3) is 11.7 Å². The van der Waals surface area contributed by atoms with Gasteiger partial charge in [-0.2, -0.15) is 0 Å². The molecule has 1 saturated heterocycles. The fraction of sp³-hybridized carbons (Fsp3) is 0.154. The van der Waals surface area contributed by atoms with Crippen molar-refractivity contribution in [1.82, 2.24) is 0 Å². The first-order valence-corrected chi connectivity index (χ1v) is 10.2. The van der Waals surface area contributed by atoms with Crippen LogP contribution in [0.15, 0.2) is 72.3 Å². The highest BCUT2D eigenvalue weighted by Gasteiger charge is 2.48. The molecule has 1 atom stereocenters. The summed E-state index contributed by atoms with van der Waals surface area (Å²) in [5, 5.41) is 11.4. The Kier molecular flexibility index (Phi) is 5.87. The number of aryl methyl sites for hydroxylation is 1. The van der Waals surface area contributed by atoms with Crippen molar-refractivity contribution in [2.75, 3.05) is 19.1 Å². The number of halogens is 1. The maximum atomic E-state index is 15.0. The maximum absolute atomic E-state index is 15.0. The van der Waals surface area contributed by atoms with Crippen LogP contribution in [0.2, 0.25) is 0 Å². The Morgan fingerprint density at radius 2 is 1.52 bits per heavy atom. The van der Waals surface area contributed by atoms with Gasteiger partial charge >= 0.3 is 0 Å². The Labute approximate surface area is 190 Å². The topological polar surface area (TPSA) is 76.1 Å². The highest BCUT2D eigenvalue weighted by atomic mass is 19.1. The Morgan fingerprint density at radius 1 is 0.909 bits per heavy atom. The van der Waals surface area contributed by atoms with Crippen molar-refractivity contribution in [2.45, 2.75) is 13.0 Å². The minimum absolute atomic E-state index is 0.0766. The molecule has 0 bridgehead atoms. The average molecular weight is 447 g/mol. The van der Waals surface area contributed by atoms with E-state index in [2.05, 4.69) is 0 Å². The van der Waals surface area contributed by atoms with E-state index in [1.165, 1.54) is 37.3 Å². The van der Waals surface area contributed by atoms with Gasteiger partial charge in [0.15, 0.2) is 0 Å². The number of methoxy groups -OCH3 is 2. The molecule has 1 amide bonds.